The van der Waals surface area contributed by atoms with Crippen LogP contribution in [-0.2, 0) is 0 Å². The van der Waals surface area contributed by atoms with Crippen molar-refractivity contribution in [3.63, 3.8) is 0 Å². The summed E-state index contributed by atoms with van der Waals surface area (Å²) >= 11 is 0. The fourth-order valence-electron chi connectivity index (χ4n) is 1.96. The zero-order valence-corrected chi connectivity index (χ0v) is 12.4. The topological polar surface area (TPSA) is 20.3 Å². The van der Waals surface area contributed by atoms with Crippen molar-refractivity contribution >= 4 is 5.78 Å². The highest BCUT2D eigenvalue weighted by molar-refractivity contribution is 5.96. The van der Waals surface area contributed by atoms with Crippen molar-refractivity contribution < 1.29 is 9.18 Å². The summed E-state index contributed by atoms with van der Waals surface area (Å²) in [4.78, 5) is 14.1. The Morgan fingerprint density at radius 1 is 1.42 bits per heavy atom. The van der Waals surface area contributed by atoms with Gasteiger partial charge in [-0.05, 0) is 31.5 Å². The number of hydrogen-bond acceptors (Lipinski definition) is 2. The molecule has 0 bridgehead atoms. The van der Waals surface area contributed by atoms with Crippen LogP contribution in [0.4, 0.5) is 4.39 Å². The van der Waals surface area contributed by atoms with E-state index in [2.05, 4.69) is 18.7 Å². The molecular weight excluding hydrogens is 241 g/mol. The molecule has 0 N–H and O–H groups in total. The molecule has 0 heterocycles. The predicted molar refractivity (Wildman–Crippen MR) is 77.0 cm³/mol. The molecule has 0 saturated carbocycles. The van der Waals surface area contributed by atoms with Gasteiger partial charge in [0.1, 0.15) is 5.82 Å². The van der Waals surface area contributed by atoms with Crippen molar-refractivity contribution in [2.24, 2.45) is 5.92 Å². The average molecular weight is 265 g/mol. The van der Waals surface area contributed by atoms with Crippen molar-refractivity contribution in [3.05, 3.63) is 35.1 Å². The van der Waals surface area contributed by atoms with Gasteiger partial charge in [-0.1, -0.05) is 32.4 Å². The Kier molecular flexibility index (Phi) is 6.16. The van der Waals surface area contributed by atoms with Crippen LogP contribution in [-0.4, -0.2) is 30.8 Å². The minimum Gasteiger partial charge on any atom is -0.306 e. The van der Waals surface area contributed by atoms with Gasteiger partial charge >= 0.3 is 0 Å². The highest BCUT2D eigenvalue weighted by atomic mass is 19.1. The summed E-state index contributed by atoms with van der Waals surface area (Å²) in [5, 5.41) is 0. The molecule has 1 atom stereocenters. The first-order valence-electron chi connectivity index (χ1n) is 6.92. The number of carbonyl (C=O) groups is 1. The Bertz CT molecular complexity index is 431. The van der Waals surface area contributed by atoms with Gasteiger partial charge in [0.25, 0.3) is 0 Å². The highest BCUT2D eigenvalue weighted by Crippen LogP contribution is 2.11. The summed E-state index contributed by atoms with van der Waals surface area (Å²) in [5.41, 5.74) is 1.05. The first kappa shape index (κ1) is 15.8. The molecule has 1 unspecified atom stereocenters. The predicted octanol–water partition coefficient (Wildman–Crippen LogP) is 3.68. The first-order chi connectivity index (χ1) is 8.93. The number of Topliss-reactive ketones (excluding diaryl/α,β-unsaturated/α-hetero) is 1. The smallest absolute Gasteiger partial charge is 0.164 e. The van der Waals surface area contributed by atoms with Crippen molar-refractivity contribution in [1.29, 1.82) is 0 Å². The number of nitrogens with zero attached hydrogens (tertiary/aromatic N) is 1. The fourth-order valence-corrected chi connectivity index (χ4v) is 1.96. The van der Waals surface area contributed by atoms with Crippen LogP contribution in [0.5, 0.6) is 0 Å². The summed E-state index contributed by atoms with van der Waals surface area (Å²) in [6, 6.07) is 4.70. The molecule has 0 spiro atoms. The van der Waals surface area contributed by atoms with E-state index in [1.807, 2.05) is 7.05 Å². The minimum absolute atomic E-state index is 0.00917. The van der Waals surface area contributed by atoms with Crippen molar-refractivity contribution in [2.45, 2.75) is 33.6 Å². The second kappa shape index (κ2) is 7.39. The molecule has 1 aromatic rings. The summed E-state index contributed by atoms with van der Waals surface area (Å²) in [7, 11) is 2.02. The Hall–Kier alpha value is -1.22. The van der Waals surface area contributed by atoms with Gasteiger partial charge in [-0.3, -0.25) is 4.79 Å². The van der Waals surface area contributed by atoms with E-state index in [0.717, 1.165) is 19.5 Å². The maximum atomic E-state index is 13.4. The van der Waals surface area contributed by atoms with Crippen LogP contribution >= 0.6 is 0 Å². The summed E-state index contributed by atoms with van der Waals surface area (Å²) in [5.74, 6) is 0.339. The molecule has 0 aliphatic carbocycles. The quantitative estimate of drug-likeness (QED) is 0.701. The lowest BCUT2D eigenvalue weighted by atomic mass is 10.1. The van der Waals surface area contributed by atoms with Gasteiger partial charge in [0.05, 0.1) is 0 Å². The Balaban J connectivity index is 2.49. The normalized spacial score (nSPS) is 12.7. The highest BCUT2D eigenvalue weighted by Gasteiger charge is 2.10. The third kappa shape index (κ3) is 5.11. The van der Waals surface area contributed by atoms with Gasteiger partial charge in [0.2, 0.25) is 0 Å². The Morgan fingerprint density at radius 2 is 2.11 bits per heavy atom. The van der Waals surface area contributed by atoms with E-state index in [9.17, 15) is 9.18 Å². The number of aryl methyl sites for hydroxylation is 1. The van der Waals surface area contributed by atoms with Gasteiger partial charge in [-0.25, -0.2) is 4.39 Å². The summed E-state index contributed by atoms with van der Waals surface area (Å²) < 4.78 is 13.4. The monoisotopic (exact) mass is 265 g/mol. The molecule has 1 aromatic carbocycles. The standard InChI is InChI=1S/C16H24FNO/c1-5-12(2)11-18(4)9-8-16(19)14-7-6-13(3)15(17)10-14/h6-7,10,12H,5,8-9,11H2,1-4H3. The molecule has 0 saturated heterocycles. The van der Waals surface area contributed by atoms with Crippen LogP contribution in [0.15, 0.2) is 18.2 Å². The number of benzene rings is 1. The van der Waals surface area contributed by atoms with Crippen molar-refractivity contribution in [2.75, 3.05) is 20.1 Å². The number of rotatable bonds is 7. The van der Waals surface area contributed by atoms with Crippen LogP contribution in [0.1, 0.15) is 42.6 Å². The minimum atomic E-state index is -0.307. The van der Waals surface area contributed by atoms with Crippen molar-refractivity contribution in [1.82, 2.24) is 4.90 Å². The maximum absolute atomic E-state index is 13.4. The van der Waals surface area contributed by atoms with Crippen LogP contribution in [0.2, 0.25) is 0 Å². The summed E-state index contributed by atoms with van der Waals surface area (Å²) in [6.07, 6.45) is 1.58. The largest absolute Gasteiger partial charge is 0.306 e. The molecule has 106 valence electrons. The molecule has 2 nitrogen and oxygen atoms in total. The van der Waals surface area contributed by atoms with Crippen LogP contribution < -0.4 is 0 Å². The molecular formula is C16H24FNO. The van der Waals surface area contributed by atoms with Gasteiger partial charge in [0.15, 0.2) is 5.78 Å². The van der Waals surface area contributed by atoms with Crippen LogP contribution in [0.25, 0.3) is 0 Å². The molecule has 3 heteroatoms. The van der Waals surface area contributed by atoms with E-state index in [0.29, 0.717) is 23.5 Å². The van der Waals surface area contributed by atoms with Gasteiger partial charge in [-0.2, -0.15) is 0 Å². The summed E-state index contributed by atoms with van der Waals surface area (Å²) in [6.45, 7) is 7.78. The number of carbonyl (C=O) groups excluding carboxylic acids is 1. The second-order valence-electron chi connectivity index (χ2n) is 5.41. The molecule has 19 heavy (non-hydrogen) atoms. The molecule has 0 aliphatic rings. The Morgan fingerprint density at radius 3 is 2.68 bits per heavy atom. The van der Waals surface area contributed by atoms with E-state index in [1.54, 1.807) is 19.1 Å². The zero-order chi connectivity index (χ0) is 14.4. The van der Waals surface area contributed by atoms with E-state index < -0.39 is 0 Å². The van der Waals surface area contributed by atoms with Gasteiger partial charge in [-0.15, -0.1) is 0 Å². The Labute approximate surface area is 115 Å². The van der Waals surface area contributed by atoms with E-state index in [1.165, 1.54) is 6.07 Å². The van der Waals surface area contributed by atoms with E-state index in [4.69, 9.17) is 0 Å². The van der Waals surface area contributed by atoms with Crippen molar-refractivity contribution in [3.8, 4) is 0 Å². The third-order valence-electron chi connectivity index (χ3n) is 3.53. The zero-order valence-electron chi connectivity index (χ0n) is 12.4. The average Bonchev–Trinajstić information content (AvgIpc) is 2.39. The van der Waals surface area contributed by atoms with E-state index in [-0.39, 0.29) is 11.6 Å². The second-order valence-corrected chi connectivity index (χ2v) is 5.41. The SMILES string of the molecule is CCC(C)CN(C)CCC(=O)c1ccc(C)c(F)c1. The van der Waals surface area contributed by atoms with E-state index >= 15 is 0 Å². The third-order valence-corrected chi connectivity index (χ3v) is 3.53. The molecule has 0 fully saturated rings. The van der Waals surface area contributed by atoms with Crippen LogP contribution in [0, 0.1) is 18.7 Å². The number of ketones is 1. The number of hydrogen-bond donors (Lipinski definition) is 0. The molecule has 0 amide bonds. The number of halogens is 1. The lowest BCUT2D eigenvalue weighted by Crippen LogP contribution is -2.26. The molecule has 0 aliphatic heterocycles. The molecule has 0 radical (unpaired) electrons. The van der Waals surface area contributed by atoms with Gasteiger partial charge < -0.3 is 4.90 Å². The molecule has 0 aromatic heterocycles. The lowest BCUT2D eigenvalue weighted by molar-refractivity contribution is 0.0966. The maximum Gasteiger partial charge on any atom is 0.164 e. The fraction of sp³-hybridized carbons (Fsp3) is 0.562. The lowest BCUT2D eigenvalue weighted by Gasteiger charge is -2.19. The van der Waals surface area contributed by atoms with Gasteiger partial charge in [0, 0.05) is 25.1 Å². The first-order valence-corrected chi connectivity index (χ1v) is 6.92. The molecule has 1 rings (SSSR count). The van der Waals surface area contributed by atoms with Crippen LogP contribution in [0.3, 0.4) is 0 Å².